The molecule has 0 unspecified atom stereocenters. The molecule has 32 heavy (non-hydrogen) atoms. The van der Waals surface area contributed by atoms with Gasteiger partial charge < -0.3 is 20.5 Å². The molecule has 1 aliphatic heterocycles. The molecule has 0 saturated carbocycles. The summed E-state index contributed by atoms with van der Waals surface area (Å²) in [5.41, 5.74) is 0.609. The van der Waals surface area contributed by atoms with E-state index in [0.717, 1.165) is 12.1 Å². The van der Waals surface area contributed by atoms with Crippen LogP contribution in [-0.2, 0) is 14.8 Å². The van der Waals surface area contributed by atoms with Gasteiger partial charge in [0.15, 0.2) is 0 Å². The molecule has 8 nitrogen and oxygen atoms in total. The Labute approximate surface area is 191 Å². The zero-order chi connectivity index (χ0) is 23.1. The fourth-order valence-electron chi connectivity index (χ4n) is 3.42. The number of rotatable bonds is 8. The second kappa shape index (κ2) is 11.1. The molecule has 1 fully saturated rings. The number of nitrogens with one attached hydrogen (secondary N) is 3. The first-order valence-corrected chi connectivity index (χ1v) is 12.0. The summed E-state index contributed by atoms with van der Waals surface area (Å²) in [5, 5.41) is 15.7. The van der Waals surface area contributed by atoms with Crippen molar-refractivity contribution in [2.24, 2.45) is 0 Å². The molecule has 174 valence electrons. The molecule has 11 heteroatoms. The first-order valence-electron chi connectivity index (χ1n) is 10.1. The molecule has 0 spiro atoms. The minimum absolute atomic E-state index is 0.0615. The van der Waals surface area contributed by atoms with E-state index in [1.165, 1.54) is 12.1 Å². The van der Waals surface area contributed by atoms with Gasteiger partial charge in [0.1, 0.15) is 5.82 Å². The van der Waals surface area contributed by atoms with E-state index in [-0.39, 0.29) is 23.6 Å². The highest BCUT2D eigenvalue weighted by Gasteiger charge is 2.33. The maximum absolute atomic E-state index is 13.1. The predicted octanol–water partition coefficient (Wildman–Crippen LogP) is 2.88. The number of benzene rings is 2. The van der Waals surface area contributed by atoms with Crippen LogP contribution < -0.4 is 15.4 Å². The highest BCUT2D eigenvalue weighted by atomic mass is 35.5. The lowest BCUT2D eigenvalue weighted by Gasteiger charge is -2.36. The Balaban J connectivity index is 1.46. The lowest BCUT2D eigenvalue weighted by atomic mass is 9.98. The molecular formula is C21H25ClFN3O5S. The summed E-state index contributed by atoms with van der Waals surface area (Å²) in [7, 11) is -3.88. The molecule has 0 bridgehead atoms. The third-order valence-electron chi connectivity index (χ3n) is 5.08. The number of amides is 2. The van der Waals surface area contributed by atoms with E-state index in [0.29, 0.717) is 36.5 Å². The summed E-state index contributed by atoms with van der Waals surface area (Å²) in [5.74, 6) is -0.531. The third kappa shape index (κ3) is 6.88. The predicted molar refractivity (Wildman–Crippen MR) is 119 cm³/mol. The largest absolute Gasteiger partial charge is 0.394 e. The maximum Gasteiger partial charge on any atom is 0.319 e. The zero-order valence-corrected chi connectivity index (χ0v) is 18.7. The Morgan fingerprint density at radius 2 is 1.81 bits per heavy atom. The van der Waals surface area contributed by atoms with Crippen molar-refractivity contribution in [2.75, 3.05) is 18.5 Å². The second-order valence-electron chi connectivity index (χ2n) is 7.41. The van der Waals surface area contributed by atoms with Gasteiger partial charge in [-0.3, -0.25) is 0 Å². The van der Waals surface area contributed by atoms with Gasteiger partial charge in [-0.15, -0.1) is 0 Å². The van der Waals surface area contributed by atoms with Gasteiger partial charge in [-0.2, -0.15) is 0 Å². The SMILES string of the molecule is O=C(NCC[C@@H]1CC[C@H](NS(=O)(=O)c2ccc(F)cc2)[C@H](CO)O1)Nc1ccc(Cl)cc1. The standard InChI is InChI=1S/C21H25ClFN3O5S/c22-14-1-5-16(6-2-14)25-21(28)24-12-11-17-7-10-19(20(13-27)31-17)26-32(29,30)18-8-3-15(23)4-9-18/h1-6,8-9,17,19-20,26-27H,7,10-13H2,(H2,24,25,28)/t17-,19-,20-/m0/s1. The number of hydrogen-bond donors (Lipinski definition) is 4. The Morgan fingerprint density at radius 3 is 2.47 bits per heavy atom. The molecule has 0 aliphatic carbocycles. The monoisotopic (exact) mass is 485 g/mol. The van der Waals surface area contributed by atoms with Crippen LogP contribution >= 0.6 is 11.6 Å². The molecule has 0 aromatic heterocycles. The van der Waals surface area contributed by atoms with Gasteiger partial charge in [-0.1, -0.05) is 11.6 Å². The summed E-state index contributed by atoms with van der Waals surface area (Å²) in [6, 6.07) is 10.2. The molecule has 1 saturated heterocycles. The molecule has 2 aromatic rings. The smallest absolute Gasteiger partial charge is 0.319 e. The fraction of sp³-hybridized carbons (Fsp3) is 0.381. The van der Waals surface area contributed by atoms with Crippen molar-refractivity contribution in [1.82, 2.24) is 10.0 Å². The van der Waals surface area contributed by atoms with Crippen molar-refractivity contribution in [3.63, 3.8) is 0 Å². The van der Waals surface area contributed by atoms with Crippen LogP contribution in [0.1, 0.15) is 19.3 Å². The van der Waals surface area contributed by atoms with Gasteiger partial charge in [-0.25, -0.2) is 22.3 Å². The van der Waals surface area contributed by atoms with E-state index in [9.17, 15) is 22.7 Å². The summed E-state index contributed by atoms with van der Waals surface area (Å²) >= 11 is 5.81. The molecule has 2 aromatic carbocycles. The summed E-state index contributed by atoms with van der Waals surface area (Å²) in [6.45, 7) is -0.0220. The minimum Gasteiger partial charge on any atom is -0.394 e. The highest BCUT2D eigenvalue weighted by molar-refractivity contribution is 7.89. The van der Waals surface area contributed by atoms with Crippen molar-refractivity contribution >= 4 is 33.3 Å². The average molecular weight is 486 g/mol. The van der Waals surface area contributed by atoms with Crippen molar-refractivity contribution < 1.29 is 27.4 Å². The number of halogens is 2. The van der Waals surface area contributed by atoms with Gasteiger partial charge >= 0.3 is 6.03 Å². The topological polar surface area (TPSA) is 117 Å². The summed E-state index contributed by atoms with van der Waals surface area (Å²) < 4.78 is 46.5. The van der Waals surface area contributed by atoms with E-state index in [1.54, 1.807) is 24.3 Å². The molecule has 1 aliphatic rings. The van der Waals surface area contributed by atoms with Crippen LogP contribution in [0.5, 0.6) is 0 Å². The third-order valence-corrected chi connectivity index (χ3v) is 6.84. The number of urea groups is 1. The maximum atomic E-state index is 13.1. The first-order chi connectivity index (χ1) is 15.3. The number of hydrogen-bond acceptors (Lipinski definition) is 5. The van der Waals surface area contributed by atoms with Crippen LogP contribution in [-0.4, -0.2) is 51.0 Å². The molecule has 3 rings (SSSR count). The lowest BCUT2D eigenvalue weighted by Crippen LogP contribution is -2.51. The molecule has 2 amide bonds. The van der Waals surface area contributed by atoms with Gasteiger partial charge in [0, 0.05) is 17.3 Å². The second-order valence-corrected chi connectivity index (χ2v) is 9.57. The van der Waals surface area contributed by atoms with Gasteiger partial charge in [0.25, 0.3) is 0 Å². The molecular weight excluding hydrogens is 461 g/mol. The van der Waals surface area contributed by atoms with Crippen LogP contribution in [0.25, 0.3) is 0 Å². The number of carbonyl (C=O) groups excluding carboxylic acids is 1. The van der Waals surface area contributed by atoms with Crippen LogP contribution in [0.4, 0.5) is 14.9 Å². The van der Waals surface area contributed by atoms with Crippen LogP contribution in [0.3, 0.4) is 0 Å². The number of aliphatic hydroxyl groups excluding tert-OH is 1. The normalized spacial score (nSPS) is 21.2. The minimum atomic E-state index is -3.88. The van der Waals surface area contributed by atoms with Crippen molar-refractivity contribution in [2.45, 2.75) is 42.4 Å². The van der Waals surface area contributed by atoms with E-state index >= 15 is 0 Å². The van der Waals surface area contributed by atoms with E-state index in [2.05, 4.69) is 15.4 Å². The van der Waals surface area contributed by atoms with Crippen molar-refractivity contribution in [3.05, 3.63) is 59.4 Å². The Kier molecular flexibility index (Phi) is 8.44. The Morgan fingerprint density at radius 1 is 1.12 bits per heavy atom. The van der Waals surface area contributed by atoms with Gasteiger partial charge in [-0.05, 0) is 67.8 Å². The lowest BCUT2D eigenvalue weighted by molar-refractivity contribution is -0.0871. The van der Waals surface area contributed by atoms with E-state index in [1.807, 2.05) is 0 Å². The molecule has 4 N–H and O–H groups in total. The first kappa shape index (κ1) is 24.4. The van der Waals surface area contributed by atoms with Crippen molar-refractivity contribution in [1.29, 1.82) is 0 Å². The molecule has 0 radical (unpaired) electrons. The number of anilines is 1. The summed E-state index contributed by atoms with van der Waals surface area (Å²) in [4.78, 5) is 11.9. The number of sulfonamides is 1. The van der Waals surface area contributed by atoms with Gasteiger partial charge in [0.05, 0.1) is 29.8 Å². The van der Waals surface area contributed by atoms with Crippen molar-refractivity contribution in [3.8, 4) is 0 Å². The van der Waals surface area contributed by atoms with Crippen LogP contribution in [0.2, 0.25) is 5.02 Å². The number of ether oxygens (including phenoxy) is 1. The van der Waals surface area contributed by atoms with E-state index < -0.39 is 28.0 Å². The summed E-state index contributed by atoms with van der Waals surface area (Å²) in [6.07, 6.45) is 0.532. The van der Waals surface area contributed by atoms with Crippen LogP contribution in [0.15, 0.2) is 53.4 Å². The number of carbonyl (C=O) groups is 1. The Bertz CT molecular complexity index is 1010. The number of aliphatic hydroxyl groups is 1. The highest BCUT2D eigenvalue weighted by Crippen LogP contribution is 2.23. The quantitative estimate of drug-likeness (QED) is 0.458. The average Bonchev–Trinajstić information content (AvgIpc) is 2.76. The zero-order valence-electron chi connectivity index (χ0n) is 17.1. The molecule has 1 heterocycles. The molecule has 3 atom stereocenters. The van der Waals surface area contributed by atoms with E-state index in [4.69, 9.17) is 16.3 Å². The van der Waals surface area contributed by atoms with Gasteiger partial charge in [0.2, 0.25) is 10.0 Å². The Hall–Kier alpha value is -2.24. The van der Waals surface area contributed by atoms with Crippen LogP contribution in [0, 0.1) is 5.82 Å². The fourth-order valence-corrected chi connectivity index (χ4v) is 4.84.